The van der Waals surface area contributed by atoms with Crippen LogP contribution in [0, 0.1) is 0 Å². The Hall–Kier alpha value is -6.39. The van der Waals surface area contributed by atoms with Gasteiger partial charge in [0, 0.05) is 44.2 Å². The molecule has 4 nitrogen and oxygen atoms in total. The predicted octanol–water partition coefficient (Wildman–Crippen LogP) is 10.9. The first-order valence-electron chi connectivity index (χ1n) is 16.0. The number of imidazole rings is 1. The van der Waals surface area contributed by atoms with Crippen LogP contribution in [0.5, 0.6) is 0 Å². The molecule has 0 bridgehead atoms. The number of para-hydroxylation sites is 5. The molecule has 0 N–H and O–H groups in total. The van der Waals surface area contributed by atoms with Crippen molar-refractivity contribution in [1.29, 1.82) is 0 Å². The van der Waals surface area contributed by atoms with Gasteiger partial charge in [0.15, 0.2) is 0 Å². The van der Waals surface area contributed by atoms with Crippen LogP contribution in [0.4, 0.5) is 0 Å². The van der Waals surface area contributed by atoms with Gasteiger partial charge in [0.1, 0.15) is 5.82 Å². The van der Waals surface area contributed by atoms with Crippen LogP contribution in [0.25, 0.3) is 83.1 Å². The van der Waals surface area contributed by atoms with Gasteiger partial charge in [-0.3, -0.25) is 4.57 Å². The number of benzene rings is 7. The van der Waals surface area contributed by atoms with Gasteiger partial charge in [-0.1, -0.05) is 103 Å². The van der Waals surface area contributed by atoms with Crippen molar-refractivity contribution in [3.8, 4) is 28.5 Å². The fraction of sp³-hybridized carbons (Fsp3) is 0. The Bertz CT molecular complexity index is 2780. The molecule has 10 rings (SSSR count). The second-order valence-corrected chi connectivity index (χ2v) is 12.1. The molecule has 0 radical (unpaired) electrons. The van der Waals surface area contributed by atoms with E-state index in [4.69, 9.17) is 4.98 Å². The lowest BCUT2D eigenvalue weighted by atomic mass is 10.1. The topological polar surface area (TPSA) is 27.7 Å². The highest BCUT2D eigenvalue weighted by Gasteiger charge is 2.19. The molecule has 10 aromatic rings. The number of hydrogen-bond acceptors (Lipinski definition) is 1. The monoisotopic (exact) mass is 600 g/mol. The molecular formula is C43H28N4. The van der Waals surface area contributed by atoms with Gasteiger partial charge in [-0.15, -0.1) is 0 Å². The number of aromatic nitrogens is 4. The van der Waals surface area contributed by atoms with E-state index in [0.717, 1.165) is 39.5 Å². The summed E-state index contributed by atoms with van der Waals surface area (Å²) in [5.41, 5.74) is 11.2. The molecule has 0 fully saturated rings. The molecule has 0 saturated heterocycles. The van der Waals surface area contributed by atoms with Gasteiger partial charge in [0.05, 0.1) is 33.1 Å². The van der Waals surface area contributed by atoms with Crippen LogP contribution < -0.4 is 0 Å². The first-order valence-corrected chi connectivity index (χ1v) is 16.0. The summed E-state index contributed by atoms with van der Waals surface area (Å²) in [5, 5.41) is 5.00. The number of fused-ring (bicyclic) bond motifs is 7. The van der Waals surface area contributed by atoms with E-state index in [-0.39, 0.29) is 0 Å². The summed E-state index contributed by atoms with van der Waals surface area (Å²) in [7, 11) is 0. The maximum atomic E-state index is 5.10. The van der Waals surface area contributed by atoms with Gasteiger partial charge in [-0.25, -0.2) is 4.98 Å². The minimum atomic E-state index is 0.931. The fourth-order valence-corrected chi connectivity index (χ4v) is 7.40. The molecule has 0 aliphatic rings. The predicted molar refractivity (Wildman–Crippen MR) is 195 cm³/mol. The third kappa shape index (κ3) is 3.85. The van der Waals surface area contributed by atoms with Crippen LogP contribution in [0.15, 0.2) is 170 Å². The molecule has 0 aliphatic heterocycles. The van der Waals surface area contributed by atoms with Gasteiger partial charge >= 0.3 is 0 Å². The third-order valence-corrected chi connectivity index (χ3v) is 9.42. The van der Waals surface area contributed by atoms with Crippen LogP contribution in [0.2, 0.25) is 0 Å². The van der Waals surface area contributed by atoms with Gasteiger partial charge in [-0.05, 0) is 66.7 Å². The second kappa shape index (κ2) is 10.1. The highest BCUT2D eigenvalue weighted by molar-refractivity contribution is 6.19. The Balaban J connectivity index is 1.27. The average Bonchev–Trinajstić information content (AvgIpc) is 3.79. The smallest absolute Gasteiger partial charge is 0.145 e. The highest BCUT2D eigenvalue weighted by atomic mass is 15.1. The molecule has 3 heterocycles. The summed E-state index contributed by atoms with van der Waals surface area (Å²) >= 11 is 0. The van der Waals surface area contributed by atoms with E-state index in [2.05, 4.69) is 177 Å². The molecule has 0 aliphatic carbocycles. The lowest BCUT2D eigenvalue weighted by Gasteiger charge is -2.14. The van der Waals surface area contributed by atoms with E-state index in [9.17, 15) is 0 Å². The largest absolute Gasteiger partial charge is 0.309 e. The Labute approximate surface area is 271 Å². The first-order chi connectivity index (χ1) is 23.3. The molecule has 4 heteroatoms. The zero-order valence-corrected chi connectivity index (χ0v) is 25.5. The molecule has 0 amide bonds. The van der Waals surface area contributed by atoms with Crippen LogP contribution in [0.3, 0.4) is 0 Å². The summed E-state index contributed by atoms with van der Waals surface area (Å²) in [5.74, 6) is 0.931. The average molecular weight is 601 g/mol. The van der Waals surface area contributed by atoms with E-state index >= 15 is 0 Å². The SMILES string of the molecule is c1ccc(-c2nc3ccccc3n2-c2cccc(-n3c4ccccc4c4cc5c6ccccc6n(-c6ccccc6)c5cc43)c2)cc1. The molecule has 3 aromatic heterocycles. The first kappa shape index (κ1) is 25.9. The van der Waals surface area contributed by atoms with E-state index in [1.807, 2.05) is 6.07 Å². The third-order valence-electron chi connectivity index (χ3n) is 9.42. The Morgan fingerprint density at radius 1 is 0.319 bits per heavy atom. The van der Waals surface area contributed by atoms with E-state index in [1.54, 1.807) is 0 Å². The van der Waals surface area contributed by atoms with Gasteiger partial charge in [0.2, 0.25) is 0 Å². The molecule has 220 valence electrons. The van der Waals surface area contributed by atoms with Gasteiger partial charge < -0.3 is 9.13 Å². The molecule has 0 unspecified atom stereocenters. The summed E-state index contributed by atoms with van der Waals surface area (Å²) in [6.45, 7) is 0. The van der Waals surface area contributed by atoms with E-state index in [0.29, 0.717) is 0 Å². The van der Waals surface area contributed by atoms with Crippen molar-refractivity contribution < 1.29 is 0 Å². The Morgan fingerprint density at radius 2 is 0.830 bits per heavy atom. The summed E-state index contributed by atoms with van der Waals surface area (Å²) < 4.78 is 7.10. The molecular weight excluding hydrogens is 573 g/mol. The minimum Gasteiger partial charge on any atom is -0.309 e. The van der Waals surface area contributed by atoms with Crippen LogP contribution in [-0.2, 0) is 0 Å². The van der Waals surface area contributed by atoms with Crippen molar-refractivity contribution in [2.45, 2.75) is 0 Å². The minimum absolute atomic E-state index is 0.931. The summed E-state index contributed by atoms with van der Waals surface area (Å²) in [6.07, 6.45) is 0. The van der Waals surface area contributed by atoms with Crippen molar-refractivity contribution in [1.82, 2.24) is 18.7 Å². The van der Waals surface area contributed by atoms with Crippen molar-refractivity contribution in [3.63, 3.8) is 0 Å². The molecule has 7 aromatic carbocycles. The maximum absolute atomic E-state index is 5.10. The number of nitrogens with zero attached hydrogens (tertiary/aromatic N) is 4. The van der Waals surface area contributed by atoms with Crippen LogP contribution in [-0.4, -0.2) is 18.7 Å². The van der Waals surface area contributed by atoms with Crippen molar-refractivity contribution in [2.24, 2.45) is 0 Å². The fourth-order valence-electron chi connectivity index (χ4n) is 7.40. The highest BCUT2D eigenvalue weighted by Crippen LogP contribution is 2.40. The molecule has 47 heavy (non-hydrogen) atoms. The normalized spacial score (nSPS) is 11.8. The zero-order valence-electron chi connectivity index (χ0n) is 25.5. The van der Waals surface area contributed by atoms with Crippen LogP contribution in [0.1, 0.15) is 0 Å². The quantitative estimate of drug-likeness (QED) is 0.197. The van der Waals surface area contributed by atoms with Gasteiger partial charge in [-0.2, -0.15) is 0 Å². The van der Waals surface area contributed by atoms with E-state index < -0.39 is 0 Å². The van der Waals surface area contributed by atoms with Crippen molar-refractivity contribution in [3.05, 3.63) is 170 Å². The lowest BCUT2D eigenvalue weighted by molar-refractivity contribution is 1.09. The number of rotatable bonds is 4. The molecule has 0 saturated carbocycles. The lowest BCUT2D eigenvalue weighted by Crippen LogP contribution is -2.00. The van der Waals surface area contributed by atoms with Crippen molar-refractivity contribution in [2.75, 3.05) is 0 Å². The van der Waals surface area contributed by atoms with Crippen LogP contribution >= 0.6 is 0 Å². The Morgan fingerprint density at radius 3 is 1.51 bits per heavy atom. The maximum Gasteiger partial charge on any atom is 0.145 e. The second-order valence-electron chi connectivity index (χ2n) is 12.1. The zero-order chi connectivity index (χ0) is 30.9. The number of hydrogen-bond donors (Lipinski definition) is 0. The molecule has 0 spiro atoms. The Kier molecular flexibility index (Phi) is 5.54. The standard InChI is InChI=1S/C43H28N4/c1-3-14-29(15-4-1)43-44-37-22-9-12-25-40(37)47(43)32-19-13-18-31(26-32)46-39-24-11-8-21-34(39)36-27-35-33-20-7-10-23-38(33)45(41(35)28-42(36)46)30-16-5-2-6-17-30/h1-28H. The molecule has 0 atom stereocenters. The van der Waals surface area contributed by atoms with E-state index in [1.165, 1.54) is 43.6 Å². The van der Waals surface area contributed by atoms with Gasteiger partial charge in [0.25, 0.3) is 0 Å². The summed E-state index contributed by atoms with van der Waals surface area (Å²) in [4.78, 5) is 5.10. The summed E-state index contributed by atoms with van der Waals surface area (Å²) in [6, 6.07) is 60.6. The van der Waals surface area contributed by atoms with Crippen molar-refractivity contribution >= 4 is 54.6 Å².